The van der Waals surface area contributed by atoms with Gasteiger partial charge in [-0.1, -0.05) is 25.7 Å². The number of nitrogens with two attached hydrogens (primary N) is 1. The van der Waals surface area contributed by atoms with Crippen LogP contribution in [0, 0.1) is 17.7 Å². The summed E-state index contributed by atoms with van der Waals surface area (Å²) in [7, 11) is 0. The quantitative estimate of drug-likeness (QED) is 0.762. The second-order valence-corrected chi connectivity index (χ2v) is 7.63. The number of hydrogen-bond donors (Lipinski definition) is 3. The van der Waals surface area contributed by atoms with Crippen LogP contribution in [0.1, 0.15) is 57.8 Å². The first kappa shape index (κ1) is 18.8. The first-order valence-electron chi connectivity index (χ1n) is 9.70. The van der Waals surface area contributed by atoms with E-state index in [1.807, 2.05) is 0 Å². The Balaban J connectivity index is 1.63. The summed E-state index contributed by atoms with van der Waals surface area (Å²) < 4.78 is 14.1. The molecule has 142 valence electrons. The third-order valence-electron chi connectivity index (χ3n) is 5.55. The number of anilines is 2. The standard InChI is InChI=1S/C20H28FN3O2/c21-17-10-9-16(23-20(26)14-7-4-8-15(22)11-14)12-18(17)24-19(25)13-5-2-1-3-6-13/h9-10,12-15H,1-8,11,22H2,(H,23,26)(H,24,25). The fraction of sp³-hybridized carbons (Fsp3) is 0.600. The van der Waals surface area contributed by atoms with Gasteiger partial charge >= 0.3 is 0 Å². The monoisotopic (exact) mass is 361 g/mol. The normalized spacial score (nSPS) is 24.1. The highest BCUT2D eigenvalue weighted by Gasteiger charge is 2.26. The number of amides is 2. The number of nitrogens with one attached hydrogen (secondary N) is 2. The number of hydrogen-bond acceptors (Lipinski definition) is 3. The van der Waals surface area contributed by atoms with Gasteiger partial charge in [0.1, 0.15) is 5.82 Å². The number of carbonyl (C=O) groups is 2. The highest BCUT2D eigenvalue weighted by molar-refractivity contribution is 5.95. The summed E-state index contributed by atoms with van der Waals surface area (Å²) in [5.41, 5.74) is 6.57. The largest absolute Gasteiger partial charge is 0.328 e. The maximum Gasteiger partial charge on any atom is 0.227 e. The van der Waals surface area contributed by atoms with Crippen molar-refractivity contribution in [2.75, 3.05) is 10.6 Å². The van der Waals surface area contributed by atoms with Gasteiger partial charge in [0.25, 0.3) is 0 Å². The molecular formula is C20H28FN3O2. The lowest BCUT2D eigenvalue weighted by molar-refractivity contribution is -0.121. The predicted octanol–water partition coefficient (Wildman–Crippen LogP) is 3.80. The maximum absolute atomic E-state index is 14.1. The molecule has 4 N–H and O–H groups in total. The van der Waals surface area contributed by atoms with Gasteiger partial charge in [-0.25, -0.2) is 4.39 Å². The van der Waals surface area contributed by atoms with E-state index >= 15 is 0 Å². The fourth-order valence-corrected chi connectivity index (χ4v) is 4.01. The van der Waals surface area contributed by atoms with Gasteiger partial charge in [0.2, 0.25) is 11.8 Å². The Morgan fingerprint density at radius 1 is 0.923 bits per heavy atom. The van der Waals surface area contributed by atoms with E-state index in [0.717, 1.165) is 51.4 Å². The molecule has 0 aliphatic heterocycles. The van der Waals surface area contributed by atoms with E-state index in [2.05, 4.69) is 10.6 Å². The van der Waals surface area contributed by atoms with E-state index < -0.39 is 5.82 Å². The van der Waals surface area contributed by atoms with Crippen LogP contribution in [-0.2, 0) is 9.59 Å². The van der Waals surface area contributed by atoms with E-state index in [0.29, 0.717) is 12.1 Å². The van der Waals surface area contributed by atoms with E-state index in [4.69, 9.17) is 5.73 Å². The lowest BCUT2D eigenvalue weighted by Gasteiger charge is -2.25. The van der Waals surface area contributed by atoms with Crippen molar-refractivity contribution in [3.63, 3.8) is 0 Å². The highest BCUT2D eigenvalue weighted by Crippen LogP contribution is 2.28. The van der Waals surface area contributed by atoms with Crippen molar-refractivity contribution in [1.82, 2.24) is 0 Å². The van der Waals surface area contributed by atoms with Crippen molar-refractivity contribution in [2.45, 2.75) is 63.8 Å². The summed E-state index contributed by atoms with van der Waals surface area (Å²) in [5.74, 6) is -0.873. The summed E-state index contributed by atoms with van der Waals surface area (Å²) in [6.07, 6.45) is 8.36. The molecule has 1 aromatic rings. The minimum atomic E-state index is -0.494. The fourth-order valence-electron chi connectivity index (χ4n) is 4.01. The van der Waals surface area contributed by atoms with Gasteiger partial charge in [-0.15, -0.1) is 0 Å². The van der Waals surface area contributed by atoms with Crippen LogP contribution >= 0.6 is 0 Å². The lowest BCUT2D eigenvalue weighted by Crippen LogP contribution is -2.34. The molecule has 2 amide bonds. The van der Waals surface area contributed by atoms with E-state index in [1.165, 1.54) is 18.2 Å². The minimum absolute atomic E-state index is 0.0508. The molecule has 2 saturated carbocycles. The molecule has 1 aromatic carbocycles. The number of rotatable bonds is 4. The average molecular weight is 361 g/mol. The van der Waals surface area contributed by atoms with E-state index in [-0.39, 0.29) is 35.4 Å². The summed E-state index contributed by atoms with van der Waals surface area (Å²) in [4.78, 5) is 24.8. The molecule has 0 aromatic heterocycles. The van der Waals surface area contributed by atoms with Gasteiger partial charge in [-0.05, 0) is 50.3 Å². The topological polar surface area (TPSA) is 84.2 Å². The maximum atomic E-state index is 14.1. The summed E-state index contributed by atoms with van der Waals surface area (Å²) >= 11 is 0. The molecule has 2 atom stereocenters. The molecule has 2 fully saturated rings. The van der Waals surface area contributed by atoms with Gasteiger partial charge in [0.15, 0.2) is 0 Å². The Labute approximate surface area is 153 Å². The van der Waals surface area contributed by atoms with Crippen LogP contribution in [-0.4, -0.2) is 17.9 Å². The Hall–Kier alpha value is -1.95. The molecule has 2 unspecified atom stereocenters. The Morgan fingerprint density at radius 3 is 2.35 bits per heavy atom. The third-order valence-corrected chi connectivity index (χ3v) is 5.55. The number of benzene rings is 1. The SMILES string of the molecule is NC1CCCC(C(=O)Nc2ccc(F)c(NC(=O)C3CCCCC3)c2)C1. The first-order valence-corrected chi connectivity index (χ1v) is 9.70. The van der Waals surface area contributed by atoms with Gasteiger partial charge in [0.05, 0.1) is 5.69 Å². The summed E-state index contributed by atoms with van der Waals surface area (Å²) in [5, 5.41) is 5.54. The molecule has 3 rings (SSSR count). The van der Waals surface area contributed by atoms with Crippen molar-refractivity contribution in [3.8, 4) is 0 Å². The second kappa shape index (κ2) is 8.62. The summed E-state index contributed by atoms with van der Waals surface area (Å²) in [6.45, 7) is 0. The summed E-state index contributed by atoms with van der Waals surface area (Å²) in [6, 6.07) is 4.36. The highest BCUT2D eigenvalue weighted by atomic mass is 19.1. The molecule has 5 nitrogen and oxygen atoms in total. The third kappa shape index (κ3) is 4.81. The van der Waals surface area contributed by atoms with Gasteiger partial charge in [-0.3, -0.25) is 9.59 Å². The zero-order valence-electron chi connectivity index (χ0n) is 15.1. The molecule has 6 heteroatoms. The first-order chi connectivity index (χ1) is 12.5. The van der Waals surface area contributed by atoms with Gasteiger partial charge in [-0.2, -0.15) is 0 Å². The van der Waals surface area contributed by atoms with Crippen LogP contribution in [0.2, 0.25) is 0 Å². The molecule has 0 bridgehead atoms. The Morgan fingerprint density at radius 2 is 1.62 bits per heavy atom. The Bertz CT molecular complexity index is 658. The van der Waals surface area contributed by atoms with Crippen LogP contribution in [0.3, 0.4) is 0 Å². The van der Waals surface area contributed by atoms with Crippen molar-refractivity contribution >= 4 is 23.2 Å². The van der Waals surface area contributed by atoms with Gasteiger partial charge in [0, 0.05) is 23.6 Å². The van der Waals surface area contributed by atoms with Crippen LogP contribution in [0.25, 0.3) is 0 Å². The second-order valence-electron chi connectivity index (χ2n) is 7.63. The molecule has 2 aliphatic rings. The molecule has 0 saturated heterocycles. The van der Waals surface area contributed by atoms with Crippen molar-refractivity contribution in [2.24, 2.45) is 17.6 Å². The molecule has 2 aliphatic carbocycles. The van der Waals surface area contributed by atoms with Crippen molar-refractivity contribution in [3.05, 3.63) is 24.0 Å². The van der Waals surface area contributed by atoms with Crippen LogP contribution < -0.4 is 16.4 Å². The van der Waals surface area contributed by atoms with E-state index in [1.54, 1.807) is 0 Å². The molecule has 26 heavy (non-hydrogen) atoms. The Kier molecular flexibility index (Phi) is 6.25. The average Bonchev–Trinajstić information content (AvgIpc) is 2.65. The van der Waals surface area contributed by atoms with Crippen molar-refractivity contribution in [1.29, 1.82) is 0 Å². The van der Waals surface area contributed by atoms with E-state index in [9.17, 15) is 14.0 Å². The number of halogens is 1. The molecule has 0 radical (unpaired) electrons. The smallest absolute Gasteiger partial charge is 0.227 e. The van der Waals surface area contributed by atoms with Crippen molar-refractivity contribution < 1.29 is 14.0 Å². The van der Waals surface area contributed by atoms with Crippen LogP contribution in [0.15, 0.2) is 18.2 Å². The minimum Gasteiger partial charge on any atom is -0.328 e. The molecule has 0 heterocycles. The zero-order valence-corrected chi connectivity index (χ0v) is 15.1. The van der Waals surface area contributed by atoms with Crippen LogP contribution in [0.4, 0.5) is 15.8 Å². The zero-order chi connectivity index (χ0) is 18.5. The lowest BCUT2D eigenvalue weighted by atomic mass is 9.85. The molecule has 0 spiro atoms. The number of carbonyl (C=O) groups excluding carboxylic acids is 2. The predicted molar refractivity (Wildman–Crippen MR) is 100 cm³/mol. The van der Waals surface area contributed by atoms with Gasteiger partial charge < -0.3 is 16.4 Å². The molecular weight excluding hydrogens is 333 g/mol. The van der Waals surface area contributed by atoms with Crippen LogP contribution in [0.5, 0.6) is 0 Å².